The molecule has 0 bridgehead atoms. The average Bonchev–Trinajstić information content (AvgIpc) is 2.15. The van der Waals surface area contributed by atoms with Gasteiger partial charge in [-0.2, -0.15) is 0 Å². The summed E-state index contributed by atoms with van der Waals surface area (Å²) in [6, 6.07) is 7.93. The third kappa shape index (κ3) is 3.24. The van der Waals surface area contributed by atoms with Crippen molar-refractivity contribution in [1.82, 2.24) is 0 Å². The Morgan fingerprint density at radius 3 is 2.73 bits per heavy atom. The van der Waals surface area contributed by atoms with Gasteiger partial charge in [-0.25, -0.2) is 0 Å². The van der Waals surface area contributed by atoms with E-state index in [0.29, 0.717) is 6.42 Å². The number of carbonyl (C=O) groups excluding carboxylic acids is 1. The summed E-state index contributed by atoms with van der Waals surface area (Å²) in [6.45, 7) is 3.68. The molecule has 0 aliphatic heterocycles. The Labute approximate surface area is 95.2 Å². The summed E-state index contributed by atoms with van der Waals surface area (Å²) in [6.07, 6.45) is 0.475. The summed E-state index contributed by atoms with van der Waals surface area (Å²) in [4.78, 5) is 10.4. The van der Waals surface area contributed by atoms with Crippen LogP contribution in [0.1, 0.15) is 18.1 Å². The minimum absolute atomic E-state index is 0.398. The molecule has 0 aliphatic rings. The third-order valence-corrected chi connectivity index (χ3v) is 2.52. The quantitative estimate of drug-likeness (QED) is 0.585. The lowest BCUT2D eigenvalue weighted by Crippen LogP contribution is -2.32. The van der Waals surface area contributed by atoms with Crippen molar-refractivity contribution in [2.75, 3.05) is 7.11 Å². The molecule has 0 N–H and O–H groups in total. The van der Waals surface area contributed by atoms with E-state index in [2.05, 4.69) is 4.74 Å². The van der Waals surface area contributed by atoms with Crippen LogP contribution in [0.4, 0.5) is 0 Å². The van der Waals surface area contributed by atoms with Crippen molar-refractivity contribution in [3.05, 3.63) is 35.4 Å². The number of rotatable bonds is 3. The molecule has 0 saturated heterocycles. The SMILES string of the molecule is COC(=O)C(C)(Cl)Cc1cccc(C)c1. The number of benzene rings is 1. The molecule has 1 rings (SSSR count). The van der Waals surface area contributed by atoms with Gasteiger partial charge in [-0.3, -0.25) is 4.79 Å². The zero-order valence-electron chi connectivity index (χ0n) is 9.21. The lowest BCUT2D eigenvalue weighted by atomic mass is 9.99. The van der Waals surface area contributed by atoms with E-state index >= 15 is 0 Å². The van der Waals surface area contributed by atoms with Gasteiger partial charge in [0.2, 0.25) is 0 Å². The van der Waals surface area contributed by atoms with Crippen LogP contribution in [0.15, 0.2) is 24.3 Å². The minimum atomic E-state index is -0.984. The largest absolute Gasteiger partial charge is 0.468 e. The van der Waals surface area contributed by atoms with E-state index in [1.807, 2.05) is 31.2 Å². The summed E-state index contributed by atoms with van der Waals surface area (Å²) in [5.74, 6) is -0.398. The second-order valence-electron chi connectivity index (χ2n) is 3.85. The minimum Gasteiger partial charge on any atom is -0.468 e. The second kappa shape index (κ2) is 4.67. The molecular formula is C12H15ClO2. The highest BCUT2D eigenvalue weighted by Crippen LogP contribution is 2.22. The molecule has 0 aliphatic carbocycles. The van der Waals surface area contributed by atoms with Crippen molar-refractivity contribution in [1.29, 1.82) is 0 Å². The maximum atomic E-state index is 11.4. The number of aryl methyl sites for hydroxylation is 1. The van der Waals surface area contributed by atoms with Crippen molar-refractivity contribution in [2.24, 2.45) is 0 Å². The molecular weight excluding hydrogens is 212 g/mol. The van der Waals surface area contributed by atoms with Crippen LogP contribution in [0.2, 0.25) is 0 Å². The lowest BCUT2D eigenvalue weighted by Gasteiger charge is -2.18. The molecule has 0 aromatic heterocycles. The van der Waals surface area contributed by atoms with Crippen LogP contribution in [0.3, 0.4) is 0 Å². The normalized spacial score (nSPS) is 14.4. The molecule has 82 valence electrons. The van der Waals surface area contributed by atoms with E-state index in [-0.39, 0.29) is 0 Å². The fourth-order valence-corrected chi connectivity index (χ4v) is 1.72. The second-order valence-corrected chi connectivity index (χ2v) is 4.69. The molecule has 0 amide bonds. The molecule has 0 fully saturated rings. The lowest BCUT2D eigenvalue weighted by molar-refractivity contribution is -0.143. The van der Waals surface area contributed by atoms with Gasteiger partial charge in [0.25, 0.3) is 0 Å². The van der Waals surface area contributed by atoms with E-state index in [0.717, 1.165) is 11.1 Å². The highest BCUT2D eigenvalue weighted by Gasteiger charge is 2.31. The highest BCUT2D eigenvalue weighted by molar-refractivity contribution is 6.33. The number of alkyl halides is 1. The third-order valence-electron chi connectivity index (χ3n) is 2.23. The van der Waals surface area contributed by atoms with Gasteiger partial charge >= 0.3 is 5.97 Å². The average molecular weight is 227 g/mol. The number of hydrogen-bond acceptors (Lipinski definition) is 2. The Kier molecular flexibility index (Phi) is 3.75. The smallest absolute Gasteiger partial charge is 0.326 e. The molecule has 1 unspecified atom stereocenters. The van der Waals surface area contributed by atoms with Crippen LogP contribution in [-0.2, 0) is 16.0 Å². The first-order valence-electron chi connectivity index (χ1n) is 4.78. The van der Waals surface area contributed by atoms with Crippen LogP contribution < -0.4 is 0 Å². The van der Waals surface area contributed by atoms with Crippen LogP contribution >= 0.6 is 11.6 Å². The molecule has 0 heterocycles. The Bertz CT molecular complexity index is 358. The predicted octanol–water partition coefficient (Wildman–Crippen LogP) is 2.71. The van der Waals surface area contributed by atoms with Crippen molar-refractivity contribution in [2.45, 2.75) is 25.1 Å². The van der Waals surface area contributed by atoms with Gasteiger partial charge in [-0.15, -0.1) is 11.6 Å². The fraction of sp³-hybridized carbons (Fsp3) is 0.417. The van der Waals surface area contributed by atoms with Crippen molar-refractivity contribution in [3.8, 4) is 0 Å². The van der Waals surface area contributed by atoms with Gasteiger partial charge in [0.1, 0.15) is 4.87 Å². The predicted molar refractivity (Wildman–Crippen MR) is 61.2 cm³/mol. The summed E-state index contributed by atoms with van der Waals surface area (Å²) >= 11 is 6.10. The van der Waals surface area contributed by atoms with Crippen molar-refractivity contribution >= 4 is 17.6 Å². The number of carbonyl (C=O) groups is 1. The zero-order chi connectivity index (χ0) is 11.5. The number of halogens is 1. The van der Waals surface area contributed by atoms with Crippen LogP contribution in [-0.4, -0.2) is 18.0 Å². The topological polar surface area (TPSA) is 26.3 Å². The first kappa shape index (κ1) is 12.1. The van der Waals surface area contributed by atoms with Gasteiger partial charge in [0, 0.05) is 6.42 Å². The highest BCUT2D eigenvalue weighted by atomic mass is 35.5. The summed E-state index contributed by atoms with van der Waals surface area (Å²) < 4.78 is 4.65. The van der Waals surface area contributed by atoms with E-state index in [1.54, 1.807) is 6.92 Å². The number of esters is 1. The van der Waals surface area contributed by atoms with E-state index in [9.17, 15) is 4.79 Å². The molecule has 0 radical (unpaired) electrons. The monoisotopic (exact) mass is 226 g/mol. The molecule has 2 nitrogen and oxygen atoms in total. The first-order valence-corrected chi connectivity index (χ1v) is 5.16. The Morgan fingerprint density at radius 1 is 1.53 bits per heavy atom. The summed E-state index contributed by atoms with van der Waals surface area (Å²) in [7, 11) is 1.35. The molecule has 0 spiro atoms. The molecule has 1 aromatic rings. The molecule has 3 heteroatoms. The Hall–Kier alpha value is -1.02. The Morgan fingerprint density at radius 2 is 2.20 bits per heavy atom. The molecule has 0 saturated carbocycles. The zero-order valence-corrected chi connectivity index (χ0v) is 9.97. The number of ether oxygens (including phenoxy) is 1. The van der Waals surface area contributed by atoms with Crippen LogP contribution in [0, 0.1) is 6.92 Å². The molecule has 1 atom stereocenters. The van der Waals surface area contributed by atoms with Gasteiger partial charge in [0.05, 0.1) is 7.11 Å². The standard InChI is InChI=1S/C12H15ClO2/c1-9-5-4-6-10(7-9)8-12(2,13)11(14)15-3/h4-7H,8H2,1-3H3. The van der Waals surface area contributed by atoms with Crippen molar-refractivity contribution < 1.29 is 9.53 Å². The van der Waals surface area contributed by atoms with Gasteiger partial charge < -0.3 is 4.74 Å². The molecule has 1 aromatic carbocycles. The maximum Gasteiger partial charge on any atom is 0.326 e. The number of hydrogen-bond donors (Lipinski definition) is 0. The van der Waals surface area contributed by atoms with Gasteiger partial charge in [-0.1, -0.05) is 29.8 Å². The fourth-order valence-electron chi connectivity index (χ4n) is 1.49. The Balaban J connectivity index is 2.81. The first-order chi connectivity index (χ1) is 6.95. The van der Waals surface area contributed by atoms with Crippen LogP contribution in [0.5, 0.6) is 0 Å². The summed E-state index contributed by atoms with van der Waals surface area (Å²) in [5.41, 5.74) is 2.20. The van der Waals surface area contributed by atoms with Gasteiger partial charge in [-0.05, 0) is 19.4 Å². The summed E-state index contributed by atoms with van der Waals surface area (Å²) in [5, 5.41) is 0. The van der Waals surface area contributed by atoms with Crippen LogP contribution in [0.25, 0.3) is 0 Å². The van der Waals surface area contributed by atoms with E-state index in [1.165, 1.54) is 7.11 Å². The number of methoxy groups -OCH3 is 1. The van der Waals surface area contributed by atoms with E-state index in [4.69, 9.17) is 11.6 Å². The van der Waals surface area contributed by atoms with E-state index < -0.39 is 10.8 Å². The maximum absolute atomic E-state index is 11.4. The molecule has 15 heavy (non-hydrogen) atoms. The van der Waals surface area contributed by atoms with Gasteiger partial charge in [0.15, 0.2) is 0 Å². The van der Waals surface area contributed by atoms with Crippen molar-refractivity contribution in [3.63, 3.8) is 0 Å².